The monoisotopic (exact) mass is 414 g/mol. The summed E-state index contributed by atoms with van der Waals surface area (Å²) in [7, 11) is 0. The molecule has 5 nitrogen and oxygen atoms in total. The van der Waals surface area contributed by atoms with E-state index >= 15 is 0 Å². The fraction of sp³-hybridized carbons (Fsp3) is 0.125. The molecule has 0 radical (unpaired) electrons. The van der Waals surface area contributed by atoms with E-state index in [2.05, 4.69) is 26.8 Å². The van der Waals surface area contributed by atoms with Gasteiger partial charge in [-0.2, -0.15) is 0 Å². The van der Waals surface area contributed by atoms with Crippen molar-refractivity contribution < 1.29 is 18.7 Å². The average Bonchev–Trinajstić information content (AvgIpc) is 2.52. The summed E-state index contributed by atoms with van der Waals surface area (Å²) in [5.41, 5.74) is 4.47. The van der Waals surface area contributed by atoms with Gasteiger partial charge in [0.15, 0.2) is 6.10 Å². The van der Waals surface area contributed by atoms with Crippen molar-refractivity contribution in [1.82, 2.24) is 10.9 Å². The molecule has 0 saturated heterocycles. The van der Waals surface area contributed by atoms with Gasteiger partial charge in [-0.05, 0) is 43.3 Å². The van der Waals surface area contributed by atoms with E-state index in [9.17, 15) is 14.0 Å². The number of hydrogen-bond acceptors (Lipinski definition) is 3. The van der Waals surface area contributed by atoms with Gasteiger partial charge in [0.25, 0.3) is 11.8 Å². The Balaban J connectivity index is 1.91. The highest BCUT2D eigenvalue weighted by atomic mass is 79.9. The van der Waals surface area contributed by atoms with E-state index in [4.69, 9.17) is 16.3 Å². The molecule has 2 amide bonds. The van der Waals surface area contributed by atoms with E-state index < -0.39 is 23.7 Å². The zero-order valence-electron chi connectivity index (χ0n) is 12.5. The van der Waals surface area contributed by atoms with Gasteiger partial charge in [0.05, 0.1) is 10.6 Å². The van der Waals surface area contributed by atoms with Crippen molar-refractivity contribution in [3.8, 4) is 5.75 Å². The number of halogens is 3. The molecule has 2 aromatic carbocycles. The van der Waals surface area contributed by atoms with Crippen LogP contribution in [0.2, 0.25) is 5.02 Å². The van der Waals surface area contributed by atoms with Gasteiger partial charge in [-0.3, -0.25) is 20.4 Å². The van der Waals surface area contributed by atoms with Crippen LogP contribution in [0.25, 0.3) is 0 Å². The Morgan fingerprint density at radius 3 is 2.62 bits per heavy atom. The lowest BCUT2D eigenvalue weighted by molar-refractivity contribution is -0.128. The zero-order chi connectivity index (χ0) is 17.7. The second kappa shape index (κ2) is 8.12. The second-order valence-corrected chi connectivity index (χ2v) is 6.11. The molecule has 0 aliphatic rings. The predicted molar refractivity (Wildman–Crippen MR) is 91.3 cm³/mol. The number of carbonyl (C=O) groups excluding carboxylic acids is 2. The second-order valence-electron chi connectivity index (χ2n) is 4.78. The van der Waals surface area contributed by atoms with E-state index in [0.717, 1.165) is 16.6 Å². The lowest BCUT2D eigenvalue weighted by atomic mass is 10.2. The number of ether oxygens (including phenoxy) is 1. The summed E-state index contributed by atoms with van der Waals surface area (Å²) in [5, 5.41) is -0.0554. The topological polar surface area (TPSA) is 67.4 Å². The summed E-state index contributed by atoms with van der Waals surface area (Å²) in [5.74, 6) is -1.28. The van der Waals surface area contributed by atoms with Crippen LogP contribution in [0.3, 0.4) is 0 Å². The Hall–Kier alpha value is -2.12. The molecular weight excluding hydrogens is 403 g/mol. The molecule has 0 saturated carbocycles. The van der Waals surface area contributed by atoms with E-state index in [1.165, 1.54) is 13.0 Å². The minimum absolute atomic E-state index is 0.0407. The molecular formula is C16H13BrClFN2O3. The number of hydrogen-bond donors (Lipinski definition) is 2. The van der Waals surface area contributed by atoms with E-state index in [-0.39, 0.29) is 10.6 Å². The zero-order valence-corrected chi connectivity index (χ0v) is 14.8. The fourth-order valence-electron chi connectivity index (χ4n) is 1.76. The maximum atomic E-state index is 13.0. The van der Waals surface area contributed by atoms with Gasteiger partial charge in [0, 0.05) is 4.47 Å². The molecule has 0 aromatic heterocycles. The molecule has 0 heterocycles. The molecule has 2 aromatic rings. The van der Waals surface area contributed by atoms with Gasteiger partial charge >= 0.3 is 0 Å². The predicted octanol–water partition coefficient (Wildman–Crippen LogP) is 3.47. The number of benzene rings is 2. The highest BCUT2D eigenvalue weighted by Gasteiger charge is 2.17. The van der Waals surface area contributed by atoms with Crippen LogP contribution in [-0.2, 0) is 4.79 Å². The van der Waals surface area contributed by atoms with Crippen molar-refractivity contribution in [3.63, 3.8) is 0 Å². The first-order valence-corrected chi connectivity index (χ1v) is 8.01. The van der Waals surface area contributed by atoms with Crippen LogP contribution in [0.15, 0.2) is 46.9 Å². The van der Waals surface area contributed by atoms with Crippen molar-refractivity contribution in [2.45, 2.75) is 13.0 Å². The molecule has 8 heteroatoms. The van der Waals surface area contributed by atoms with Gasteiger partial charge in [-0.1, -0.05) is 33.6 Å². The maximum Gasteiger partial charge on any atom is 0.279 e. The van der Waals surface area contributed by atoms with Crippen LogP contribution >= 0.6 is 27.5 Å². The van der Waals surface area contributed by atoms with Crippen molar-refractivity contribution in [3.05, 3.63) is 63.3 Å². The molecule has 1 unspecified atom stereocenters. The number of amides is 2. The van der Waals surface area contributed by atoms with Gasteiger partial charge in [0.1, 0.15) is 11.6 Å². The Kier molecular flexibility index (Phi) is 6.16. The number of carbonyl (C=O) groups is 2. The van der Waals surface area contributed by atoms with Crippen molar-refractivity contribution >= 4 is 39.3 Å². The lowest BCUT2D eigenvalue weighted by Gasteiger charge is -2.15. The van der Waals surface area contributed by atoms with E-state index in [1.807, 2.05) is 6.07 Å². The van der Waals surface area contributed by atoms with Crippen LogP contribution in [0.1, 0.15) is 17.3 Å². The largest absolute Gasteiger partial charge is 0.481 e. The molecule has 2 N–H and O–H groups in total. The molecule has 24 heavy (non-hydrogen) atoms. The van der Waals surface area contributed by atoms with Gasteiger partial charge in [-0.15, -0.1) is 0 Å². The third-order valence-electron chi connectivity index (χ3n) is 2.95. The summed E-state index contributed by atoms with van der Waals surface area (Å²) < 4.78 is 19.2. The maximum absolute atomic E-state index is 13.0. The lowest BCUT2D eigenvalue weighted by Crippen LogP contribution is -2.47. The smallest absolute Gasteiger partial charge is 0.279 e. The fourth-order valence-corrected chi connectivity index (χ4v) is 2.39. The Morgan fingerprint density at radius 1 is 1.21 bits per heavy atom. The van der Waals surface area contributed by atoms with Crippen molar-refractivity contribution in [2.75, 3.05) is 0 Å². The van der Waals surface area contributed by atoms with Crippen LogP contribution in [-0.4, -0.2) is 17.9 Å². The summed E-state index contributed by atoms with van der Waals surface area (Å²) in [6.07, 6.45) is -0.844. The van der Waals surface area contributed by atoms with E-state index in [1.54, 1.807) is 18.2 Å². The third-order valence-corrected chi connectivity index (χ3v) is 3.76. The number of rotatable bonds is 4. The van der Waals surface area contributed by atoms with Gasteiger partial charge in [-0.25, -0.2) is 4.39 Å². The minimum atomic E-state index is -0.844. The van der Waals surface area contributed by atoms with Crippen molar-refractivity contribution in [2.24, 2.45) is 0 Å². The summed E-state index contributed by atoms with van der Waals surface area (Å²) >= 11 is 9.08. The normalized spacial score (nSPS) is 11.5. The molecule has 0 fully saturated rings. The third kappa shape index (κ3) is 4.94. The Morgan fingerprint density at radius 2 is 1.96 bits per heavy atom. The Labute approximate surface area is 151 Å². The minimum Gasteiger partial charge on any atom is -0.481 e. The average molecular weight is 416 g/mol. The number of nitrogens with one attached hydrogen (secondary N) is 2. The van der Waals surface area contributed by atoms with Crippen molar-refractivity contribution in [1.29, 1.82) is 0 Å². The molecule has 0 spiro atoms. The first kappa shape index (κ1) is 18.2. The molecule has 1 atom stereocenters. The molecule has 2 rings (SSSR count). The molecule has 0 aliphatic carbocycles. The van der Waals surface area contributed by atoms with Crippen LogP contribution in [0.5, 0.6) is 5.75 Å². The van der Waals surface area contributed by atoms with Gasteiger partial charge < -0.3 is 4.74 Å². The molecule has 0 aliphatic heterocycles. The quantitative estimate of drug-likeness (QED) is 0.752. The SMILES string of the molecule is CC(Oc1cccc(Br)c1)C(=O)NNC(=O)c1ccc(F)cc1Cl. The van der Waals surface area contributed by atoms with Crippen LogP contribution < -0.4 is 15.6 Å². The highest BCUT2D eigenvalue weighted by Crippen LogP contribution is 2.19. The highest BCUT2D eigenvalue weighted by molar-refractivity contribution is 9.10. The Bertz CT molecular complexity index is 773. The van der Waals surface area contributed by atoms with Crippen LogP contribution in [0.4, 0.5) is 4.39 Å². The first-order valence-electron chi connectivity index (χ1n) is 6.84. The summed E-state index contributed by atoms with van der Waals surface area (Å²) in [6.45, 7) is 1.53. The number of hydrazine groups is 1. The van der Waals surface area contributed by atoms with E-state index in [0.29, 0.717) is 5.75 Å². The van der Waals surface area contributed by atoms with Gasteiger partial charge in [0.2, 0.25) is 0 Å². The standard InChI is InChI=1S/C16H13BrClFN2O3/c1-9(24-12-4-2-3-10(17)7-12)15(22)20-21-16(23)13-6-5-11(19)8-14(13)18/h2-9H,1H3,(H,20,22)(H,21,23). The summed E-state index contributed by atoms with van der Waals surface area (Å²) in [6, 6.07) is 10.3. The summed E-state index contributed by atoms with van der Waals surface area (Å²) in [4.78, 5) is 23.9. The first-order chi connectivity index (χ1) is 11.4. The van der Waals surface area contributed by atoms with Crippen LogP contribution in [0, 0.1) is 5.82 Å². The molecule has 126 valence electrons. The molecule has 0 bridgehead atoms.